The lowest BCUT2D eigenvalue weighted by molar-refractivity contribution is 0.410. The van der Waals surface area contributed by atoms with Crippen LogP contribution in [0.15, 0.2) is 17.2 Å². The molecular formula is C10H18N2O. The summed E-state index contributed by atoms with van der Waals surface area (Å²) in [6.07, 6.45) is 5.95. The number of imidazole rings is 1. The van der Waals surface area contributed by atoms with Crippen molar-refractivity contribution in [1.29, 1.82) is 0 Å². The highest BCUT2D eigenvalue weighted by Crippen LogP contribution is 2.08. The summed E-state index contributed by atoms with van der Waals surface area (Å²) in [6.45, 7) is 5.19. The van der Waals surface area contributed by atoms with Gasteiger partial charge in [-0.3, -0.25) is 4.57 Å². The molecule has 3 heteroatoms. The van der Waals surface area contributed by atoms with Crippen molar-refractivity contribution in [2.45, 2.75) is 33.2 Å². The average Bonchev–Trinajstić information content (AvgIpc) is 2.45. The van der Waals surface area contributed by atoms with Crippen LogP contribution in [-0.2, 0) is 13.6 Å². The summed E-state index contributed by atoms with van der Waals surface area (Å²) >= 11 is 0. The fraction of sp³-hybridized carbons (Fsp3) is 0.700. The number of rotatable bonds is 4. The van der Waals surface area contributed by atoms with Gasteiger partial charge in [0.15, 0.2) is 0 Å². The van der Waals surface area contributed by atoms with Crippen molar-refractivity contribution in [3.05, 3.63) is 22.9 Å². The molecule has 0 amide bonds. The Labute approximate surface area is 79.0 Å². The van der Waals surface area contributed by atoms with Crippen molar-refractivity contribution in [3.63, 3.8) is 0 Å². The molecule has 0 atom stereocenters. The molecule has 3 nitrogen and oxygen atoms in total. The standard InChI is InChI=1S/C10H18N2O/c1-4-9(5-2)8-12-7-6-11(3)10(12)13/h6-7,9H,4-5,8H2,1-3H3. The lowest BCUT2D eigenvalue weighted by atomic mass is 10.0. The number of aromatic nitrogens is 2. The molecule has 0 aliphatic heterocycles. The van der Waals surface area contributed by atoms with E-state index in [4.69, 9.17) is 0 Å². The smallest absolute Gasteiger partial charge is 0.302 e. The highest BCUT2D eigenvalue weighted by molar-refractivity contribution is 4.80. The first-order chi connectivity index (χ1) is 6.19. The molecule has 0 aromatic carbocycles. The molecule has 0 aliphatic rings. The molecular weight excluding hydrogens is 164 g/mol. The molecule has 0 aliphatic carbocycles. The largest absolute Gasteiger partial charge is 0.327 e. The molecule has 0 spiro atoms. The van der Waals surface area contributed by atoms with Gasteiger partial charge in [0.25, 0.3) is 0 Å². The fourth-order valence-electron chi connectivity index (χ4n) is 1.47. The van der Waals surface area contributed by atoms with Gasteiger partial charge in [0.1, 0.15) is 0 Å². The molecule has 0 unspecified atom stereocenters. The van der Waals surface area contributed by atoms with E-state index in [9.17, 15) is 4.79 Å². The molecule has 0 saturated carbocycles. The minimum absolute atomic E-state index is 0.0897. The lowest BCUT2D eigenvalue weighted by Crippen LogP contribution is -2.24. The van der Waals surface area contributed by atoms with Crippen LogP contribution in [-0.4, -0.2) is 9.13 Å². The van der Waals surface area contributed by atoms with Gasteiger partial charge in [0, 0.05) is 26.0 Å². The minimum atomic E-state index is 0.0897. The predicted molar refractivity (Wildman–Crippen MR) is 53.7 cm³/mol. The molecule has 0 N–H and O–H groups in total. The van der Waals surface area contributed by atoms with Crippen LogP contribution in [0.2, 0.25) is 0 Å². The van der Waals surface area contributed by atoms with Crippen molar-refractivity contribution in [3.8, 4) is 0 Å². The molecule has 0 bridgehead atoms. The maximum Gasteiger partial charge on any atom is 0.327 e. The first kappa shape index (κ1) is 10.1. The summed E-state index contributed by atoms with van der Waals surface area (Å²) < 4.78 is 3.40. The van der Waals surface area contributed by atoms with Crippen molar-refractivity contribution in [2.75, 3.05) is 0 Å². The van der Waals surface area contributed by atoms with Crippen LogP contribution in [0.3, 0.4) is 0 Å². The van der Waals surface area contributed by atoms with E-state index in [1.54, 1.807) is 16.2 Å². The Kier molecular flexibility index (Phi) is 3.34. The van der Waals surface area contributed by atoms with Gasteiger partial charge in [-0.25, -0.2) is 4.79 Å². The first-order valence-electron chi connectivity index (χ1n) is 4.90. The van der Waals surface area contributed by atoms with Gasteiger partial charge in [0.05, 0.1) is 0 Å². The summed E-state index contributed by atoms with van der Waals surface area (Å²) in [5.41, 5.74) is 0.0897. The molecule has 1 aromatic heterocycles. The zero-order valence-electron chi connectivity index (χ0n) is 8.66. The molecule has 1 aromatic rings. The first-order valence-corrected chi connectivity index (χ1v) is 4.90. The van der Waals surface area contributed by atoms with Gasteiger partial charge < -0.3 is 4.57 Å². The summed E-state index contributed by atoms with van der Waals surface area (Å²) in [7, 11) is 1.78. The molecule has 0 radical (unpaired) electrons. The van der Waals surface area contributed by atoms with Gasteiger partial charge in [0.2, 0.25) is 0 Å². The average molecular weight is 182 g/mol. The van der Waals surface area contributed by atoms with Gasteiger partial charge in [-0.2, -0.15) is 0 Å². The number of hydrogen-bond acceptors (Lipinski definition) is 1. The van der Waals surface area contributed by atoms with Gasteiger partial charge in [-0.15, -0.1) is 0 Å². The van der Waals surface area contributed by atoms with E-state index in [0.717, 1.165) is 19.4 Å². The second kappa shape index (κ2) is 4.30. The Morgan fingerprint density at radius 3 is 2.31 bits per heavy atom. The second-order valence-electron chi connectivity index (χ2n) is 3.53. The van der Waals surface area contributed by atoms with Crippen molar-refractivity contribution in [1.82, 2.24) is 9.13 Å². The Morgan fingerprint density at radius 1 is 1.31 bits per heavy atom. The van der Waals surface area contributed by atoms with Crippen LogP contribution in [0, 0.1) is 5.92 Å². The van der Waals surface area contributed by atoms with E-state index in [0.29, 0.717) is 5.92 Å². The third kappa shape index (κ3) is 2.23. The number of aryl methyl sites for hydroxylation is 1. The highest BCUT2D eigenvalue weighted by atomic mass is 16.1. The van der Waals surface area contributed by atoms with E-state index in [1.165, 1.54) is 0 Å². The summed E-state index contributed by atoms with van der Waals surface area (Å²) in [4.78, 5) is 11.5. The van der Waals surface area contributed by atoms with Crippen molar-refractivity contribution >= 4 is 0 Å². The van der Waals surface area contributed by atoms with Crippen molar-refractivity contribution < 1.29 is 0 Å². The van der Waals surface area contributed by atoms with Gasteiger partial charge in [-0.05, 0) is 5.92 Å². The Bertz CT molecular complexity index is 307. The van der Waals surface area contributed by atoms with Crippen LogP contribution >= 0.6 is 0 Å². The normalized spacial score (nSPS) is 11.1. The van der Waals surface area contributed by atoms with E-state index in [2.05, 4.69) is 13.8 Å². The zero-order chi connectivity index (χ0) is 9.84. The summed E-state index contributed by atoms with van der Waals surface area (Å²) in [6, 6.07) is 0. The zero-order valence-corrected chi connectivity index (χ0v) is 8.66. The maximum absolute atomic E-state index is 11.5. The predicted octanol–water partition coefficient (Wildman–Crippen LogP) is 1.62. The molecule has 13 heavy (non-hydrogen) atoms. The molecule has 0 saturated heterocycles. The van der Waals surface area contributed by atoms with E-state index >= 15 is 0 Å². The quantitative estimate of drug-likeness (QED) is 0.695. The molecule has 0 fully saturated rings. The number of hydrogen-bond donors (Lipinski definition) is 0. The molecule has 1 rings (SSSR count). The van der Waals surface area contributed by atoms with Crippen LogP contribution in [0.1, 0.15) is 26.7 Å². The third-order valence-electron chi connectivity index (χ3n) is 2.63. The SMILES string of the molecule is CCC(CC)Cn1ccn(C)c1=O. The van der Waals surface area contributed by atoms with E-state index in [1.807, 2.05) is 12.4 Å². The topological polar surface area (TPSA) is 26.9 Å². The Morgan fingerprint density at radius 2 is 1.92 bits per heavy atom. The monoisotopic (exact) mass is 182 g/mol. The van der Waals surface area contributed by atoms with Crippen LogP contribution in [0.5, 0.6) is 0 Å². The minimum Gasteiger partial charge on any atom is -0.302 e. The summed E-state index contributed by atoms with van der Waals surface area (Å²) in [5.74, 6) is 0.625. The molecule has 74 valence electrons. The lowest BCUT2D eigenvalue weighted by Gasteiger charge is -2.11. The third-order valence-corrected chi connectivity index (χ3v) is 2.63. The van der Waals surface area contributed by atoms with Crippen LogP contribution in [0.4, 0.5) is 0 Å². The fourth-order valence-corrected chi connectivity index (χ4v) is 1.47. The summed E-state index contributed by atoms with van der Waals surface area (Å²) in [5, 5.41) is 0. The van der Waals surface area contributed by atoms with E-state index in [-0.39, 0.29) is 5.69 Å². The Hall–Kier alpha value is -0.990. The van der Waals surface area contributed by atoms with E-state index < -0.39 is 0 Å². The van der Waals surface area contributed by atoms with Crippen LogP contribution < -0.4 is 5.69 Å². The maximum atomic E-state index is 11.5. The highest BCUT2D eigenvalue weighted by Gasteiger charge is 2.06. The van der Waals surface area contributed by atoms with Crippen LogP contribution in [0.25, 0.3) is 0 Å². The van der Waals surface area contributed by atoms with Gasteiger partial charge >= 0.3 is 5.69 Å². The molecule has 1 heterocycles. The second-order valence-corrected chi connectivity index (χ2v) is 3.53. The Balaban J connectivity index is 2.73. The number of nitrogens with zero attached hydrogens (tertiary/aromatic N) is 2. The van der Waals surface area contributed by atoms with Crippen molar-refractivity contribution in [2.24, 2.45) is 13.0 Å². The van der Waals surface area contributed by atoms with Gasteiger partial charge in [-0.1, -0.05) is 26.7 Å².